The van der Waals surface area contributed by atoms with Crippen LogP contribution in [0.2, 0.25) is 0 Å². The first-order valence-electron chi connectivity index (χ1n) is 9.39. The molecule has 30 heavy (non-hydrogen) atoms. The van der Waals surface area contributed by atoms with E-state index in [0.29, 0.717) is 22.4 Å². The molecule has 2 aromatic rings. The second-order valence-corrected chi connectivity index (χ2v) is 7.16. The summed E-state index contributed by atoms with van der Waals surface area (Å²) in [7, 11) is 0. The van der Waals surface area contributed by atoms with Crippen molar-refractivity contribution in [3.63, 3.8) is 0 Å². The van der Waals surface area contributed by atoms with Gasteiger partial charge in [0.05, 0.1) is 18.1 Å². The summed E-state index contributed by atoms with van der Waals surface area (Å²) in [5.74, 6) is -0.0599. The molecule has 7 nitrogen and oxygen atoms in total. The lowest BCUT2D eigenvalue weighted by molar-refractivity contribution is -0.139. The maximum absolute atomic E-state index is 12.8. The van der Waals surface area contributed by atoms with E-state index in [0.717, 1.165) is 5.56 Å². The SMILES string of the molecule is C=CCOc1nc(SCC=C)nc2c1[C@@H](c1ccccc1)C(C(=O)OCC)=C(N)O2. The highest BCUT2D eigenvalue weighted by atomic mass is 32.2. The molecule has 1 aromatic carbocycles. The normalized spacial score (nSPS) is 15.0. The molecule has 0 radical (unpaired) electrons. The smallest absolute Gasteiger partial charge is 0.340 e. The molecule has 0 fully saturated rings. The van der Waals surface area contributed by atoms with Gasteiger partial charge in [0.1, 0.15) is 12.2 Å². The fourth-order valence-electron chi connectivity index (χ4n) is 3.03. The molecule has 0 unspecified atom stereocenters. The number of hydrogen-bond acceptors (Lipinski definition) is 8. The third-order valence-electron chi connectivity index (χ3n) is 4.20. The third kappa shape index (κ3) is 4.49. The molecule has 8 heteroatoms. The molecule has 1 atom stereocenters. The number of hydrogen-bond donors (Lipinski definition) is 1. The summed E-state index contributed by atoms with van der Waals surface area (Å²) >= 11 is 1.38. The summed E-state index contributed by atoms with van der Waals surface area (Å²) in [6, 6.07) is 9.43. The number of thioether (sulfide) groups is 1. The molecule has 0 spiro atoms. The van der Waals surface area contributed by atoms with Gasteiger partial charge in [-0.3, -0.25) is 0 Å². The van der Waals surface area contributed by atoms with E-state index in [2.05, 4.69) is 23.1 Å². The molecular formula is C22H23N3O4S. The Balaban J connectivity index is 2.22. The number of esters is 1. The summed E-state index contributed by atoms with van der Waals surface area (Å²) in [5, 5.41) is 0.451. The van der Waals surface area contributed by atoms with Crippen molar-refractivity contribution in [1.82, 2.24) is 9.97 Å². The highest BCUT2D eigenvalue weighted by molar-refractivity contribution is 7.99. The van der Waals surface area contributed by atoms with E-state index in [1.807, 2.05) is 30.3 Å². The maximum Gasteiger partial charge on any atom is 0.340 e. The van der Waals surface area contributed by atoms with Gasteiger partial charge in [-0.05, 0) is 12.5 Å². The van der Waals surface area contributed by atoms with Gasteiger partial charge in [0, 0.05) is 5.75 Å². The van der Waals surface area contributed by atoms with Crippen LogP contribution < -0.4 is 15.2 Å². The van der Waals surface area contributed by atoms with Crippen LogP contribution in [0.3, 0.4) is 0 Å². The fraction of sp³-hybridized carbons (Fsp3) is 0.227. The largest absolute Gasteiger partial charge is 0.473 e. The van der Waals surface area contributed by atoms with Crippen molar-refractivity contribution in [3.05, 3.63) is 78.2 Å². The van der Waals surface area contributed by atoms with Crippen molar-refractivity contribution in [2.75, 3.05) is 19.0 Å². The van der Waals surface area contributed by atoms with E-state index in [4.69, 9.17) is 19.9 Å². The second kappa shape index (κ2) is 9.98. The minimum absolute atomic E-state index is 0.0529. The number of aromatic nitrogens is 2. The molecule has 1 aromatic heterocycles. The monoisotopic (exact) mass is 425 g/mol. The molecule has 3 rings (SSSR count). The zero-order valence-electron chi connectivity index (χ0n) is 16.7. The van der Waals surface area contributed by atoms with Gasteiger partial charge in [0.25, 0.3) is 0 Å². The first kappa shape index (κ1) is 21.4. The minimum atomic E-state index is -0.604. The Hall–Kier alpha value is -3.26. The molecule has 1 aliphatic rings. The van der Waals surface area contributed by atoms with Crippen molar-refractivity contribution in [2.45, 2.75) is 18.0 Å². The van der Waals surface area contributed by atoms with E-state index >= 15 is 0 Å². The average Bonchev–Trinajstić information content (AvgIpc) is 2.75. The molecule has 2 heterocycles. The molecular weight excluding hydrogens is 402 g/mol. The number of rotatable bonds is 9. The number of ether oxygens (including phenoxy) is 3. The lowest BCUT2D eigenvalue weighted by Gasteiger charge is -2.28. The summed E-state index contributed by atoms with van der Waals surface area (Å²) in [5.41, 5.74) is 7.69. The third-order valence-corrected chi connectivity index (χ3v) is 5.04. The molecule has 0 amide bonds. The predicted octanol–water partition coefficient (Wildman–Crippen LogP) is 3.58. The van der Waals surface area contributed by atoms with Crippen molar-refractivity contribution in [2.24, 2.45) is 5.73 Å². The van der Waals surface area contributed by atoms with E-state index < -0.39 is 11.9 Å². The number of nitrogens with zero attached hydrogens (tertiary/aromatic N) is 2. The molecule has 1 aliphatic heterocycles. The van der Waals surface area contributed by atoms with E-state index in [9.17, 15) is 4.79 Å². The van der Waals surface area contributed by atoms with Crippen LogP contribution >= 0.6 is 11.8 Å². The van der Waals surface area contributed by atoms with Gasteiger partial charge >= 0.3 is 5.97 Å². The van der Waals surface area contributed by atoms with Gasteiger partial charge in [0.2, 0.25) is 17.6 Å². The Morgan fingerprint density at radius 3 is 2.70 bits per heavy atom. The fourth-order valence-corrected chi connectivity index (χ4v) is 3.59. The zero-order chi connectivity index (χ0) is 21.5. The van der Waals surface area contributed by atoms with Gasteiger partial charge in [-0.2, -0.15) is 9.97 Å². The van der Waals surface area contributed by atoms with Crippen LogP contribution in [-0.4, -0.2) is 34.9 Å². The van der Waals surface area contributed by atoms with Crippen LogP contribution in [0.4, 0.5) is 0 Å². The Kier molecular flexibility index (Phi) is 7.13. The van der Waals surface area contributed by atoms with Gasteiger partial charge in [-0.1, -0.05) is 60.8 Å². The molecule has 0 saturated heterocycles. The number of nitrogens with two attached hydrogens (primary N) is 1. The van der Waals surface area contributed by atoms with Gasteiger partial charge in [0.15, 0.2) is 5.16 Å². The minimum Gasteiger partial charge on any atom is -0.473 e. The number of benzene rings is 1. The Morgan fingerprint density at radius 1 is 1.27 bits per heavy atom. The lowest BCUT2D eigenvalue weighted by atomic mass is 9.84. The molecule has 156 valence electrons. The summed E-state index contributed by atoms with van der Waals surface area (Å²) < 4.78 is 16.9. The van der Waals surface area contributed by atoms with Gasteiger partial charge < -0.3 is 19.9 Å². The summed E-state index contributed by atoms with van der Waals surface area (Å²) in [4.78, 5) is 21.8. The highest BCUT2D eigenvalue weighted by Crippen LogP contribution is 2.46. The number of carbonyl (C=O) groups is 1. The zero-order valence-corrected chi connectivity index (χ0v) is 17.5. The van der Waals surface area contributed by atoms with Crippen LogP contribution in [0.1, 0.15) is 24.0 Å². The highest BCUT2D eigenvalue weighted by Gasteiger charge is 2.39. The van der Waals surface area contributed by atoms with E-state index in [1.165, 1.54) is 11.8 Å². The molecule has 2 N–H and O–H groups in total. The van der Waals surface area contributed by atoms with Gasteiger partial charge in [-0.25, -0.2) is 4.79 Å². The van der Waals surface area contributed by atoms with Crippen molar-refractivity contribution in [1.29, 1.82) is 0 Å². The Morgan fingerprint density at radius 2 is 2.03 bits per heavy atom. The second-order valence-electron chi connectivity index (χ2n) is 6.17. The van der Waals surface area contributed by atoms with Crippen LogP contribution in [0, 0.1) is 0 Å². The van der Waals surface area contributed by atoms with Crippen LogP contribution in [0.15, 0.2) is 72.3 Å². The Labute approximate surface area is 179 Å². The molecule has 0 saturated carbocycles. The summed E-state index contributed by atoms with van der Waals surface area (Å²) in [6.07, 6.45) is 3.36. The molecule has 0 aliphatic carbocycles. The lowest BCUT2D eigenvalue weighted by Crippen LogP contribution is -2.29. The van der Waals surface area contributed by atoms with Crippen LogP contribution in [0.25, 0.3) is 0 Å². The van der Waals surface area contributed by atoms with Crippen LogP contribution in [-0.2, 0) is 9.53 Å². The molecule has 0 bridgehead atoms. The number of carbonyl (C=O) groups excluding carboxylic acids is 1. The first-order chi connectivity index (χ1) is 14.6. The average molecular weight is 426 g/mol. The first-order valence-corrected chi connectivity index (χ1v) is 10.4. The van der Waals surface area contributed by atoms with Gasteiger partial charge in [-0.15, -0.1) is 6.58 Å². The topological polar surface area (TPSA) is 96.6 Å². The van der Waals surface area contributed by atoms with Crippen molar-refractivity contribution in [3.8, 4) is 11.8 Å². The van der Waals surface area contributed by atoms with Crippen LogP contribution in [0.5, 0.6) is 11.8 Å². The van der Waals surface area contributed by atoms with Crippen molar-refractivity contribution < 1.29 is 19.0 Å². The van der Waals surface area contributed by atoms with Crippen molar-refractivity contribution >= 4 is 17.7 Å². The van der Waals surface area contributed by atoms with E-state index in [1.54, 1.807) is 19.1 Å². The summed E-state index contributed by atoms with van der Waals surface area (Å²) in [6.45, 7) is 9.57. The van der Waals surface area contributed by atoms with E-state index in [-0.39, 0.29) is 30.5 Å². The number of fused-ring (bicyclic) bond motifs is 1. The maximum atomic E-state index is 12.8. The quantitative estimate of drug-likeness (QED) is 0.282. The predicted molar refractivity (Wildman–Crippen MR) is 115 cm³/mol. The Bertz CT molecular complexity index is 976. The standard InChI is InChI=1S/C22H23N3O4S/c1-4-12-28-19-17-15(14-10-8-7-9-11-14)16(21(26)27-6-3)18(23)29-20(17)25-22(24-19)30-13-5-2/h4-5,7-11,15H,1-2,6,12-13,23H2,3H3/t15-/m0/s1.